The molecule has 0 aliphatic heterocycles. The molecular weight excluding hydrogens is 150 g/mol. The van der Waals surface area contributed by atoms with E-state index in [9.17, 15) is 8.42 Å². The third kappa shape index (κ3) is 1.71. The molecule has 1 aliphatic rings. The van der Waals surface area contributed by atoms with E-state index >= 15 is 0 Å². The molecule has 0 unspecified atom stereocenters. The van der Waals surface area contributed by atoms with Gasteiger partial charge in [0.1, 0.15) is 10.7 Å². The van der Waals surface area contributed by atoms with Crippen molar-refractivity contribution in [2.24, 2.45) is 5.41 Å². The van der Waals surface area contributed by atoms with Gasteiger partial charge in [0.2, 0.25) is 0 Å². The van der Waals surface area contributed by atoms with E-state index in [0.29, 0.717) is 6.42 Å². The highest BCUT2D eigenvalue weighted by Gasteiger charge is 2.42. The lowest BCUT2D eigenvalue weighted by Gasteiger charge is -2.02. The molecule has 0 radical (unpaired) electrons. The van der Waals surface area contributed by atoms with Gasteiger partial charge in [-0.3, -0.25) is 0 Å². The van der Waals surface area contributed by atoms with E-state index in [1.54, 1.807) is 0 Å². The van der Waals surface area contributed by atoms with Gasteiger partial charge >= 0.3 is 0 Å². The van der Waals surface area contributed by atoms with Gasteiger partial charge in [-0.1, -0.05) is 0 Å². The van der Waals surface area contributed by atoms with Gasteiger partial charge in [0.05, 0.1) is 11.8 Å². The van der Waals surface area contributed by atoms with Crippen molar-refractivity contribution in [1.29, 1.82) is 5.26 Å². The van der Waals surface area contributed by atoms with Crippen molar-refractivity contribution in [1.82, 2.24) is 0 Å². The van der Waals surface area contributed by atoms with Gasteiger partial charge in [0, 0.05) is 6.42 Å². The molecule has 4 heteroatoms. The fraction of sp³-hybridized carbons (Fsp3) is 0.833. The molecule has 0 heterocycles. The van der Waals surface area contributed by atoms with E-state index in [1.807, 2.05) is 6.07 Å². The van der Waals surface area contributed by atoms with Gasteiger partial charge < -0.3 is 0 Å². The molecule has 0 saturated heterocycles. The smallest absolute Gasteiger partial charge is 0.140 e. The van der Waals surface area contributed by atoms with Crippen molar-refractivity contribution in [3.63, 3.8) is 0 Å². The molecule has 0 amide bonds. The molecular formula is C6H9NO2S. The highest BCUT2D eigenvalue weighted by atomic mass is 32.2. The lowest BCUT2D eigenvalue weighted by Crippen LogP contribution is -2.06. The summed E-state index contributed by atoms with van der Waals surface area (Å²) in [6.07, 6.45) is 2.21. The van der Waals surface area contributed by atoms with Crippen LogP contribution in [0.5, 0.6) is 0 Å². The second-order valence-corrected chi connectivity index (χ2v) is 3.81. The van der Waals surface area contributed by atoms with Crippen LogP contribution in [0.25, 0.3) is 0 Å². The topological polar surface area (TPSA) is 57.9 Å². The van der Waals surface area contributed by atoms with Crippen LogP contribution in [-0.4, -0.2) is 14.2 Å². The summed E-state index contributed by atoms with van der Waals surface area (Å²) in [6.45, 7) is 0. The van der Waals surface area contributed by atoms with Crippen LogP contribution in [0, 0.1) is 16.7 Å². The predicted octanol–water partition coefficient (Wildman–Crippen LogP) is 0.292. The van der Waals surface area contributed by atoms with Crippen LogP contribution in [0.3, 0.4) is 0 Å². The summed E-state index contributed by atoms with van der Waals surface area (Å²) in [5.41, 5.74) is -0.135. The molecule has 0 atom stereocenters. The molecule has 0 bridgehead atoms. The Morgan fingerprint density at radius 3 is 2.40 bits per heavy atom. The van der Waals surface area contributed by atoms with Gasteiger partial charge in [-0.05, 0) is 18.3 Å². The van der Waals surface area contributed by atoms with Gasteiger partial charge in [-0.2, -0.15) is 5.26 Å². The van der Waals surface area contributed by atoms with Crippen LogP contribution in [-0.2, 0) is 10.7 Å². The zero-order valence-electron chi connectivity index (χ0n) is 5.54. The number of nitriles is 1. The van der Waals surface area contributed by atoms with Crippen LogP contribution in [0.2, 0.25) is 0 Å². The van der Waals surface area contributed by atoms with Crippen molar-refractivity contribution >= 4 is 10.7 Å². The first kappa shape index (κ1) is 7.55. The van der Waals surface area contributed by atoms with Crippen molar-refractivity contribution in [2.75, 3.05) is 5.75 Å². The van der Waals surface area contributed by atoms with Gasteiger partial charge in [-0.15, -0.1) is 0 Å². The summed E-state index contributed by atoms with van der Waals surface area (Å²) < 4.78 is 20.5. The van der Waals surface area contributed by atoms with E-state index in [2.05, 4.69) is 0 Å². The largest absolute Gasteiger partial charge is 0.232 e. The Labute approximate surface area is 61.6 Å². The Balaban J connectivity index is 2.47. The Bertz CT molecular complexity index is 227. The van der Waals surface area contributed by atoms with Crippen LogP contribution in [0.15, 0.2) is 0 Å². The van der Waals surface area contributed by atoms with E-state index < -0.39 is 10.7 Å². The molecule has 1 saturated carbocycles. The van der Waals surface area contributed by atoms with Crippen molar-refractivity contribution in [3.05, 3.63) is 0 Å². The van der Waals surface area contributed by atoms with Crippen molar-refractivity contribution in [2.45, 2.75) is 19.3 Å². The first-order valence-electron chi connectivity index (χ1n) is 3.17. The molecule has 0 aromatic carbocycles. The Kier molecular flexibility index (Phi) is 1.95. The fourth-order valence-corrected chi connectivity index (χ4v) is 1.98. The summed E-state index contributed by atoms with van der Waals surface area (Å²) >= 11 is 0. The normalized spacial score (nSPS) is 20.4. The quantitative estimate of drug-likeness (QED) is 0.602. The highest BCUT2D eigenvalue weighted by molar-refractivity contribution is 7.72. The maximum Gasteiger partial charge on any atom is 0.140 e. The Morgan fingerprint density at radius 1 is 1.50 bits per heavy atom. The first-order valence-corrected chi connectivity index (χ1v) is 4.54. The summed E-state index contributed by atoms with van der Waals surface area (Å²) in [5, 5.41) is 8.31. The monoisotopic (exact) mass is 159 g/mol. The van der Waals surface area contributed by atoms with Crippen LogP contribution in [0.1, 0.15) is 19.3 Å². The number of thiol groups is 1. The van der Waals surface area contributed by atoms with Gasteiger partial charge in [0.25, 0.3) is 0 Å². The molecule has 1 rings (SSSR count). The number of rotatable bonds is 3. The molecule has 0 spiro atoms. The molecule has 0 aromatic heterocycles. The average Bonchev–Trinajstić information content (AvgIpc) is 2.47. The summed E-state index contributed by atoms with van der Waals surface area (Å²) in [5.74, 6) is 0.204. The first-order chi connectivity index (χ1) is 4.68. The van der Waals surface area contributed by atoms with Gasteiger partial charge in [-0.25, -0.2) is 8.42 Å². The van der Waals surface area contributed by atoms with Crippen LogP contribution < -0.4 is 0 Å². The zero-order valence-corrected chi connectivity index (χ0v) is 6.43. The summed E-state index contributed by atoms with van der Waals surface area (Å²) in [4.78, 5) is 0. The minimum Gasteiger partial charge on any atom is -0.232 e. The third-order valence-corrected chi connectivity index (χ3v) is 2.80. The second-order valence-electron chi connectivity index (χ2n) is 2.83. The average molecular weight is 159 g/mol. The van der Waals surface area contributed by atoms with Crippen molar-refractivity contribution in [3.8, 4) is 6.07 Å². The molecule has 0 N–H and O–H groups in total. The molecule has 1 fully saturated rings. The predicted molar refractivity (Wildman–Crippen MR) is 37.1 cm³/mol. The molecule has 56 valence electrons. The minimum atomic E-state index is -2.29. The molecule has 10 heavy (non-hydrogen) atoms. The molecule has 3 nitrogen and oxygen atoms in total. The van der Waals surface area contributed by atoms with Crippen molar-refractivity contribution < 1.29 is 8.42 Å². The molecule has 1 aliphatic carbocycles. The standard InChI is InChI=1S/C6H9NO2S/c7-4-3-6(1-2-6)5-10(8)9/h10H,1-3,5H2. The summed E-state index contributed by atoms with van der Waals surface area (Å²) in [6, 6.07) is 2.01. The Morgan fingerprint density at radius 2 is 2.10 bits per heavy atom. The lowest BCUT2D eigenvalue weighted by molar-refractivity contribution is 0.562. The maximum absolute atomic E-state index is 10.3. The van der Waals surface area contributed by atoms with E-state index in [-0.39, 0.29) is 11.2 Å². The fourth-order valence-electron chi connectivity index (χ4n) is 1.01. The van der Waals surface area contributed by atoms with Crippen LogP contribution >= 0.6 is 0 Å². The third-order valence-electron chi connectivity index (χ3n) is 1.88. The number of nitrogens with zero attached hydrogens (tertiary/aromatic N) is 1. The lowest BCUT2D eigenvalue weighted by atomic mass is 10.1. The van der Waals surface area contributed by atoms with Crippen LogP contribution in [0.4, 0.5) is 0 Å². The van der Waals surface area contributed by atoms with Gasteiger partial charge in [0.15, 0.2) is 0 Å². The zero-order chi connectivity index (χ0) is 7.61. The second kappa shape index (κ2) is 2.59. The van der Waals surface area contributed by atoms with E-state index in [1.165, 1.54) is 0 Å². The van der Waals surface area contributed by atoms with E-state index in [4.69, 9.17) is 5.26 Å². The SMILES string of the molecule is N#CCC1(C[SH](=O)=O)CC1. The number of hydrogen-bond donors (Lipinski definition) is 1. The van der Waals surface area contributed by atoms with E-state index in [0.717, 1.165) is 12.8 Å². The molecule has 0 aromatic rings. The summed E-state index contributed by atoms with van der Waals surface area (Å²) in [7, 11) is -2.29. The maximum atomic E-state index is 10.3. The highest BCUT2D eigenvalue weighted by Crippen LogP contribution is 2.48. The Hall–Kier alpha value is -0.560. The minimum absolute atomic E-state index is 0.135. The number of hydrogen-bond acceptors (Lipinski definition) is 3.